The molecule has 2 aromatic heterocycles. The van der Waals surface area contributed by atoms with Crippen molar-refractivity contribution in [1.82, 2.24) is 20.2 Å². The number of nitrogens with one attached hydrogen (secondary N) is 1. The summed E-state index contributed by atoms with van der Waals surface area (Å²) >= 11 is 0. The number of carbonyl (C=O) groups excluding carboxylic acids is 1. The Balaban J connectivity index is 1.28. The predicted octanol–water partition coefficient (Wildman–Crippen LogP) is 3.86. The average Bonchev–Trinajstić information content (AvgIpc) is 2.80. The van der Waals surface area contributed by atoms with Crippen LogP contribution < -0.4 is 10.2 Å². The summed E-state index contributed by atoms with van der Waals surface area (Å²) in [5.41, 5.74) is -1.29. The van der Waals surface area contributed by atoms with E-state index >= 15 is 0 Å². The molecule has 1 atom stereocenters. The molecule has 0 unspecified atom stereocenters. The number of hydrogen-bond acceptors (Lipinski definition) is 5. The summed E-state index contributed by atoms with van der Waals surface area (Å²) in [6.07, 6.45) is 1.07. The van der Waals surface area contributed by atoms with Gasteiger partial charge >= 0.3 is 0 Å². The van der Waals surface area contributed by atoms with Crippen molar-refractivity contribution in [2.24, 2.45) is 5.41 Å². The van der Waals surface area contributed by atoms with Crippen molar-refractivity contribution in [1.29, 1.82) is 0 Å². The zero-order valence-corrected chi connectivity index (χ0v) is 19.9. The maximum Gasteiger partial charge on any atom is 0.271 e. The second kappa shape index (κ2) is 9.37. The van der Waals surface area contributed by atoms with Crippen molar-refractivity contribution < 1.29 is 26.7 Å². The molecule has 0 bridgehead atoms. The maximum absolute atomic E-state index is 14.5. The molecule has 2 aliphatic heterocycles. The van der Waals surface area contributed by atoms with Crippen LogP contribution in [0.25, 0.3) is 0 Å². The first kappa shape index (κ1) is 25.1. The quantitative estimate of drug-likeness (QED) is 0.483. The third kappa shape index (κ3) is 4.63. The first-order valence-electron chi connectivity index (χ1n) is 11.7. The number of carbonyl (C=O) groups is 1. The second-order valence-corrected chi connectivity index (χ2v) is 9.83. The van der Waals surface area contributed by atoms with Crippen LogP contribution in [-0.2, 0) is 16.9 Å². The molecule has 3 aromatic rings. The lowest BCUT2D eigenvalue weighted by Gasteiger charge is -2.61. The number of alkyl halides is 2. The molecule has 37 heavy (non-hydrogen) atoms. The van der Waals surface area contributed by atoms with Crippen molar-refractivity contribution in [3.63, 3.8) is 0 Å². The van der Waals surface area contributed by atoms with Crippen molar-refractivity contribution in [2.75, 3.05) is 31.1 Å². The Morgan fingerprint density at radius 2 is 1.78 bits per heavy atom. The molecule has 1 N–H and O–H groups in total. The van der Waals surface area contributed by atoms with Gasteiger partial charge in [0.05, 0.1) is 23.8 Å². The zero-order valence-electron chi connectivity index (χ0n) is 19.9. The SMILES string of the molecule is CC(=O)N[C@](c1ccc(F)c(F)c1)(c1ccc(CN2CC3(C2)CN(c2cncc(F)c2)C3)cn1)C(F)F. The number of halogens is 5. The van der Waals surface area contributed by atoms with Crippen molar-refractivity contribution in [2.45, 2.75) is 25.4 Å². The minimum atomic E-state index is -3.19. The van der Waals surface area contributed by atoms with Crippen LogP contribution in [0, 0.1) is 22.9 Å². The molecule has 0 aliphatic carbocycles. The van der Waals surface area contributed by atoms with E-state index in [2.05, 4.69) is 25.1 Å². The molecule has 5 rings (SSSR count). The van der Waals surface area contributed by atoms with Crippen LogP contribution in [0.3, 0.4) is 0 Å². The number of nitrogens with zero attached hydrogens (tertiary/aromatic N) is 4. The van der Waals surface area contributed by atoms with Gasteiger partial charge < -0.3 is 10.2 Å². The normalized spacial score (nSPS) is 18.3. The summed E-state index contributed by atoms with van der Waals surface area (Å²) in [5.74, 6) is -3.64. The molecule has 1 amide bonds. The molecule has 2 fully saturated rings. The number of hydrogen-bond donors (Lipinski definition) is 1. The number of likely N-dealkylation sites (tertiary alicyclic amines) is 1. The summed E-state index contributed by atoms with van der Waals surface area (Å²) in [4.78, 5) is 24.2. The lowest BCUT2D eigenvalue weighted by Crippen LogP contribution is -2.72. The Bertz CT molecular complexity index is 1310. The lowest BCUT2D eigenvalue weighted by atomic mass is 9.72. The average molecular weight is 518 g/mol. The lowest BCUT2D eigenvalue weighted by molar-refractivity contribution is -0.122. The van der Waals surface area contributed by atoms with Gasteiger partial charge in [-0.05, 0) is 29.3 Å². The van der Waals surface area contributed by atoms with Crippen LogP contribution in [-0.4, -0.2) is 53.4 Å². The van der Waals surface area contributed by atoms with Gasteiger partial charge in [-0.15, -0.1) is 0 Å². The third-order valence-corrected chi connectivity index (χ3v) is 6.94. The van der Waals surface area contributed by atoms with Crippen LogP contribution in [0.5, 0.6) is 0 Å². The van der Waals surface area contributed by atoms with Gasteiger partial charge in [0.15, 0.2) is 17.2 Å². The molecule has 11 heteroatoms. The van der Waals surface area contributed by atoms with Gasteiger partial charge in [-0.2, -0.15) is 0 Å². The van der Waals surface area contributed by atoms with E-state index in [9.17, 15) is 26.7 Å². The first-order valence-corrected chi connectivity index (χ1v) is 11.7. The van der Waals surface area contributed by atoms with Gasteiger partial charge in [0.1, 0.15) is 5.82 Å². The highest BCUT2D eigenvalue weighted by Crippen LogP contribution is 2.42. The molecule has 0 saturated carbocycles. The van der Waals surface area contributed by atoms with E-state index in [1.165, 1.54) is 24.5 Å². The van der Waals surface area contributed by atoms with Crippen molar-refractivity contribution in [3.05, 3.63) is 89.3 Å². The van der Waals surface area contributed by atoms with Gasteiger partial charge in [-0.25, -0.2) is 22.0 Å². The topological polar surface area (TPSA) is 61.4 Å². The van der Waals surface area contributed by atoms with Crippen LogP contribution in [0.2, 0.25) is 0 Å². The monoisotopic (exact) mass is 517 g/mol. The summed E-state index contributed by atoms with van der Waals surface area (Å²) in [6, 6.07) is 6.87. The number of aromatic nitrogens is 2. The molecule has 1 aromatic carbocycles. The second-order valence-electron chi connectivity index (χ2n) is 9.83. The Morgan fingerprint density at radius 3 is 2.38 bits per heavy atom. The van der Waals surface area contributed by atoms with Gasteiger partial charge in [-0.1, -0.05) is 12.1 Å². The molecular formula is C26H24F5N5O. The molecule has 2 aliphatic rings. The maximum atomic E-state index is 14.5. The van der Waals surface area contributed by atoms with E-state index in [0.29, 0.717) is 12.6 Å². The summed E-state index contributed by atoms with van der Waals surface area (Å²) in [7, 11) is 0. The highest BCUT2D eigenvalue weighted by Gasteiger charge is 2.51. The fourth-order valence-electron chi connectivity index (χ4n) is 5.34. The molecule has 0 radical (unpaired) electrons. The van der Waals surface area contributed by atoms with Gasteiger partial charge in [-0.3, -0.25) is 19.7 Å². The molecule has 2 saturated heterocycles. The number of rotatable bonds is 7. The van der Waals surface area contributed by atoms with E-state index in [1.807, 2.05) is 0 Å². The Hall–Kier alpha value is -3.60. The van der Waals surface area contributed by atoms with Gasteiger partial charge in [0, 0.05) is 57.3 Å². The highest BCUT2D eigenvalue weighted by atomic mass is 19.3. The van der Waals surface area contributed by atoms with Crippen molar-refractivity contribution >= 4 is 11.6 Å². The van der Waals surface area contributed by atoms with E-state index in [1.54, 1.807) is 12.3 Å². The zero-order chi connectivity index (χ0) is 26.4. The van der Waals surface area contributed by atoms with Crippen molar-refractivity contribution in [3.8, 4) is 0 Å². The summed E-state index contributed by atoms with van der Waals surface area (Å²) in [5, 5.41) is 2.22. The largest absolute Gasteiger partial charge is 0.369 e. The minimum absolute atomic E-state index is 0.128. The molecule has 6 nitrogen and oxygen atoms in total. The first-order chi connectivity index (χ1) is 17.6. The number of amides is 1. The van der Waals surface area contributed by atoms with Crippen LogP contribution in [0.4, 0.5) is 27.6 Å². The van der Waals surface area contributed by atoms with Crippen LogP contribution >= 0.6 is 0 Å². The fraction of sp³-hybridized carbons (Fsp3) is 0.346. The number of anilines is 1. The molecule has 4 heterocycles. The molecule has 194 valence electrons. The molecular weight excluding hydrogens is 493 g/mol. The molecule has 1 spiro atoms. The number of benzene rings is 1. The summed E-state index contributed by atoms with van der Waals surface area (Å²) < 4.78 is 69.8. The van der Waals surface area contributed by atoms with Gasteiger partial charge in [0.25, 0.3) is 6.43 Å². The fourth-order valence-corrected chi connectivity index (χ4v) is 5.34. The Morgan fingerprint density at radius 1 is 1.03 bits per heavy atom. The van der Waals surface area contributed by atoms with E-state index in [-0.39, 0.29) is 22.5 Å². The predicted molar refractivity (Wildman–Crippen MR) is 125 cm³/mol. The standard InChI is InChI=1S/C26H24F5N5O/c1-16(37)34-26(24(30)31,18-3-4-21(28)22(29)6-18)23-5-2-17(8-33-23)11-35-12-25(13-35)14-36(15-25)20-7-19(27)9-32-10-20/h2-10,24H,11-15H2,1H3,(H,34,37)/t26-/m1/s1. The van der Waals surface area contributed by atoms with E-state index in [4.69, 9.17) is 0 Å². The smallest absolute Gasteiger partial charge is 0.271 e. The van der Waals surface area contributed by atoms with E-state index in [0.717, 1.165) is 56.5 Å². The summed E-state index contributed by atoms with van der Waals surface area (Å²) in [6.45, 7) is 4.87. The minimum Gasteiger partial charge on any atom is -0.369 e. The highest BCUT2D eigenvalue weighted by molar-refractivity contribution is 5.75. The third-order valence-electron chi connectivity index (χ3n) is 6.94. The van der Waals surface area contributed by atoms with Crippen LogP contribution in [0.1, 0.15) is 23.7 Å². The Kier molecular flexibility index (Phi) is 6.35. The Labute approximate surface area is 210 Å². The van der Waals surface area contributed by atoms with Gasteiger partial charge in [0.2, 0.25) is 5.91 Å². The number of pyridine rings is 2. The van der Waals surface area contributed by atoms with Crippen LogP contribution in [0.15, 0.2) is 55.0 Å². The van der Waals surface area contributed by atoms with E-state index < -0.39 is 29.5 Å².